The standard InChI is InChI=1S/C21H28N4O2/c1-3-7-15(8-4-2)20(26)25-19(21(27)23-12-11-22)13-16-14-24-18-10-6-5-9-17(16)18/h5-6,9-10,14-15,19,24H,3-4,7-8,12-13H2,1-2H3,(H,23,27)(H,25,26). The summed E-state index contributed by atoms with van der Waals surface area (Å²) < 4.78 is 0. The highest BCUT2D eigenvalue weighted by Gasteiger charge is 2.25. The third-order valence-electron chi connectivity index (χ3n) is 4.72. The molecular weight excluding hydrogens is 340 g/mol. The predicted molar refractivity (Wildman–Crippen MR) is 106 cm³/mol. The zero-order valence-corrected chi connectivity index (χ0v) is 16.0. The van der Waals surface area contributed by atoms with Crippen molar-refractivity contribution in [3.8, 4) is 6.07 Å². The number of aromatic amines is 1. The van der Waals surface area contributed by atoms with Crippen LogP contribution in [0, 0.1) is 17.2 Å². The molecule has 0 aliphatic heterocycles. The highest BCUT2D eigenvalue weighted by molar-refractivity contribution is 5.90. The summed E-state index contributed by atoms with van der Waals surface area (Å²) in [7, 11) is 0. The number of aromatic nitrogens is 1. The van der Waals surface area contributed by atoms with E-state index in [1.807, 2.05) is 36.5 Å². The average molecular weight is 368 g/mol. The number of nitrogens with zero attached hydrogens (tertiary/aromatic N) is 1. The van der Waals surface area contributed by atoms with Crippen molar-refractivity contribution in [3.05, 3.63) is 36.0 Å². The zero-order valence-electron chi connectivity index (χ0n) is 16.0. The van der Waals surface area contributed by atoms with Crippen molar-refractivity contribution in [2.75, 3.05) is 6.54 Å². The molecule has 27 heavy (non-hydrogen) atoms. The molecule has 6 heteroatoms. The summed E-state index contributed by atoms with van der Waals surface area (Å²) in [6, 6.07) is 9.06. The van der Waals surface area contributed by atoms with E-state index in [0.717, 1.165) is 42.1 Å². The second-order valence-electron chi connectivity index (χ2n) is 6.77. The molecule has 6 nitrogen and oxygen atoms in total. The molecule has 1 aromatic heterocycles. The number of rotatable bonds is 10. The summed E-state index contributed by atoms with van der Waals surface area (Å²) in [6.45, 7) is 4.03. The summed E-state index contributed by atoms with van der Waals surface area (Å²) in [5.41, 5.74) is 1.95. The van der Waals surface area contributed by atoms with Crippen LogP contribution in [0.5, 0.6) is 0 Å². The number of hydrogen-bond donors (Lipinski definition) is 3. The normalized spacial score (nSPS) is 11.9. The molecule has 1 aromatic carbocycles. The molecule has 0 saturated carbocycles. The Kier molecular flexibility index (Phi) is 7.87. The van der Waals surface area contributed by atoms with Gasteiger partial charge in [-0.25, -0.2) is 0 Å². The van der Waals surface area contributed by atoms with E-state index in [2.05, 4.69) is 29.5 Å². The molecule has 0 fully saturated rings. The van der Waals surface area contributed by atoms with Gasteiger partial charge in [-0.2, -0.15) is 5.26 Å². The molecule has 0 aliphatic rings. The maximum atomic E-state index is 12.7. The quantitative estimate of drug-likeness (QED) is 0.562. The summed E-state index contributed by atoms with van der Waals surface area (Å²) in [5.74, 6) is -0.508. The largest absolute Gasteiger partial charge is 0.361 e. The Morgan fingerprint density at radius 2 is 1.85 bits per heavy atom. The zero-order chi connectivity index (χ0) is 19.6. The summed E-state index contributed by atoms with van der Waals surface area (Å²) in [4.78, 5) is 28.5. The predicted octanol–water partition coefficient (Wildman–Crippen LogP) is 3.05. The number of nitriles is 1. The molecule has 2 amide bonds. The fourth-order valence-corrected chi connectivity index (χ4v) is 3.37. The minimum Gasteiger partial charge on any atom is -0.361 e. The van der Waals surface area contributed by atoms with Crippen molar-refractivity contribution < 1.29 is 9.59 Å². The van der Waals surface area contributed by atoms with Gasteiger partial charge in [0.1, 0.15) is 12.6 Å². The number of nitrogens with one attached hydrogen (secondary N) is 3. The van der Waals surface area contributed by atoms with Gasteiger partial charge in [0, 0.05) is 29.4 Å². The SMILES string of the molecule is CCCC(CCC)C(=O)NC(Cc1c[nH]c2ccccc12)C(=O)NCC#N. The molecule has 2 rings (SSSR count). The summed E-state index contributed by atoms with van der Waals surface area (Å²) in [5, 5.41) is 15.3. The van der Waals surface area contributed by atoms with Crippen molar-refractivity contribution in [2.24, 2.45) is 5.92 Å². The van der Waals surface area contributed by atoms with Gasteiger partial charge >= 0.3 is 0 Å². The van der Waals surface area contributed by atoms with Crippen LogP contribution in [0.15, 0.2) is 30.5 Å². The lowest BCUT2D eigenvalue weighted by molar-refractivity contribution is -0.131. The molecule has 1 heterocycles. The van der Waals surface area contributed by atoms with E-state index in [0.29, 0.717) is 6.42 Å². The highest BCUT2D eigenvalue weighted by atomic mass is 16.2. The van der Waals surface area contributed by atoms with E-state index < -0.39 is 6.04 Å². The molecular formula is C21H28N4O2. The van der Waals surface area contributed by atoms with Gasteiger partial charge in [-0.05, 0) is 24.5 Å². The molecule has 0 radical (unpaired) electrons. The number of carbonyl (C=O) groups excluding carboxylic acids is 2. The van der Waals surface area contributed by atoms with Gasteiger partial charge in [-0.3, -0.25) is 9.59 Å². The Balaban J connectivity index is 2.19. The van der Waals surface area contributed by atoms with Crippen LogP contribution in [0.25, 0.3) is 10.9 Å². The maximum absolute atomic E-state index is 12.7. The molecule has 1 unspecified atom stereocenters. The number of H-pyrrole nitrogens is 1. The van der Waals surface area contributed by atoms with Crippen molar-refractivity contribution in [3.63, 3.8) is 0 Å². The molecule has 0 bridgehead atoms. The minimum atomic E-state index is -0.707. The van der Waals surface area contributed by atoms with Gasteiger partial charge in [-0.1, -0.05) is 44.9 Å². The number of fused-ring (bicyclic) bond motifs is 1. The second-order valence-corrected chi connectivity index (χ2v) is 6.77. The first-order chi connectivity index (χ1) is 13.1. The number of carbonyl (C=O) groups is 2. The first-order valence-corrected chi connectivity index (χ1v) is 9.60. The number of benzene rings is 1. The fourth-order valence-electron chi connectivity index (χ4n) is 3.37. The van der Waals surface area contributed by atoms with Crippen LogP contribution in [-0.2, 0) is 16.0 Å². The van der Waals surface area contributed by atoms with Crippen LogP contribution in [0.3, 0.4) is 0 Å². The first kappa shape index (κ1) is 20.5. The lowest BCUT2D eigenvalue weighted by atomic mass is 9.96. The van der Waals surface area contributed by atoms with Gasteiger partial charge in [0.25, 0.3) is 0 Å². The molecule has 0 spiro atoms. The van der Waals surface area contributed by atoms with E-state index in [1.54, 1.807) is 0 Å². The lowest BCUT2D eigenvalue weighted by Crippen LogP contribution is -2.49. The number of para-hydroxylation sites is 1. The fraction of sp³-hybridized carbons (Fsp3) is 0.476. The van der Waals surface area contributed by atoms with Crippen LogP contribution in [0.4, 0.5) is 0 Å². The Bertz CT molecular complexity index is 800. The highest BCUT2D eigenvalue weighted by Crippen LogP contribution is 2.20. The Morgan fingerprint density at radius 3 is 2.52 bits per heavy atom. The number of amides is 2. The van der Waals surface area contributed by atoms with Gasteiger partial charge in [0.2, 0.25) is 11.8 Å². The molecule has 0 aliphatic carbocycles. The van der Waals surface area contributed by atoms with E-state index >= 15 is 0 Å². The van der Waals surface area contributed by atoms with Crippen LogP contribution >= 0.6 is 0 Å². The van der Waals surface area contributed by atoms with Crippen molar-refractivity contribution in [1.82, 2.24) is 15.6 Å². The minimum absolute atomic E-state index is 0.0769. The Labute approximate surface area is 160 Å². The van der Waals surface area contributed by atoms with Gasteiger partial charge in [0.15, 0.2) is 0 Å². The van der Waals surface area contributed by atoms with Crippen LogP contribution in [-0.4, -0.2) is 29.4 Å². The van der Waals surface area contributed by atoms with Crippen LogP contribution in [0.2, 0.25) is 0 Å². The van der Waals surface area contributed by atoms with Crippen molar-refractivity contribution >= 4 is 22.7 Å². The van der Waals surface area contributed by atoms with E-state index in [4.69, 9.17) is 5.26 Å². The smallest absolute Gasteiger partial charge is 0.243 e. The monoisotopic (exact) mass is 368 g/mol. The van der Waals surface area contributed by atoms with E-state index in [1.165, 1.54) is 0 Å². The maximum Gasteiger partial charge on any atom is 0.243 e. The molecule has 2 aromatic rings. The van der Waals surface area contributed by atoms with Crippen LogP contribution < -0.4 is 10.6 Å². The summed E-state index contributed by atoms with van der Waals surface area (Å²) in [6.07, 6.45) is 5.70. The second kappa shape index (κ2) is 10.4. The van der Waals surface area contributed by atoms with Gasteiger partial charge < -0.3 is 15.6 Å². The molecule has 3 N–H and O–H groups in total. The molecule has 1 atom stereocenters. The Morgan fingerprint density at radius 1 is 1.15 bits per heavy atom. The average Bonchev–Trinajstić information content (AvgIpc) is 3.08. The lowest BCUT2D eigenvalue weighted by Gasteiger charge is -2.21. The van der Waals surface area contributed by atoms with Gasteiger partial charge in [0.05, 0.1) is 6.07 Å². The van der Waals surface area contributed by atoms with E-state index in [9.17, 15) is 9.59 Å². The third kappa shape index (κ3) is 5.58. The van der Waals surface area contributed by atoms with Gasteiger partial charge in [-0.15, -0.1) is 0 Å². The van der Waals surface area contributed by atoms with Crippen LogP contribution in [0.1, 0.15) is 45.1 Å². The van der Waals surface area contributed by atoms with E-state index in [-0.39, 0.29) is 24.3 Å². The van der Waals surface area contributed by atoms with Crippen molar-refractivity contribution in [1.29, 1.82) is 5.26 Å². The first-order valence-electron chi connectivity index (χ1n) is 9.60. The molecule has 144 valence electrons. The summed E-state index contributed by atoms with van der Waals surface area (Å²) >= 11 is 0. The van der Waals surface area contributed by atoms with Crippen molar-refractivity contribution in [2.45, 2.75) is 52.0 Å². The third-order valence-corrected chi connectivity index (χ3v) is 4.72. The number of hydrogen-bond acceptors (Lipinski definition) is 3. The Hall–Kier alpha value is -2.81. The topological polar surface area (TPSA) is 97.8 Å². The molecule has 0 saturated heterocycles.